The molecule has 0 spiro atoms. The van der Waals surface area contributed by atoms with Crippen molar-refractivity contribution >= 4 is 36.9 Å². The van der Waals surface area contributed by atoms with Crippen LogP contribution in [0.25, 0.3) is 0 Å². The normalized spacial score (nSPS) is 25.1. The molecule has 1 amide bonds. The van der Waals surface area contributed by atoms with E-state index in [0.29, 0.717) is 6.42 Å². The number of halogens is 1. The van der Waals surface area contributed by atoms with Gasteiger partial charge < -0.3 is 36.7 Å². The van der Waals surface area contributed by atoms with Crippen molar-refractivity contribution in [1.29, 1.82) is 0 Å². The lowest BCUT2D eigenvalue weighted by atomic mass is 9.75. The molecule has 13 heteroatoms. The fourth-order valence-electron chi connectivity index (χ4n) is 5.13. The third kappa shape index (κ3) is 10.9. The van der Waals surface area contributed by atoms with E-state index < -0.39 is 48.8 Å². The minimum Gasteiger partial charge on any atom is -0.481 e. The average molecular weight is 590 g/mol. The Labute approximate surface area is 245 Å². The number of carboxylic acids is 2. The zero-order chi connectivity index (χ0) is 29.9. The third-order valence-electron chi connectivity index (χ3n) is 7.40. The van der Waals surface area contributed by atoms with Gasteiger partial charge in [-0.2, -0.15) is 0 Å². The Kier molecular flexibility index (Phi) is 12.8. The molecule has 223 valence electrons. The van der Waals surface area contributed by atoms with Gasteiger partial charge in [0.2, 0.25) is 13.3 Å². The number of allylic oxidation sites excluding steroid dienone is 8. The summed E-state index contributed by atoms with van der Waals surface area (Å²) in [5.41, 5.74) is 7.70. The zero-order valence-electron chi connectivity index (χ0n) is 22.8. The lowest BCUT2D eigenvalue weighted by molar-refractivity contribution is -0.139. The van der Waals surface area contributed by atoms with Crippen LogP contribution in [0.4, 0.5) is 0 Å². The highest BCUT2D eigenvalue weighted by Gasteiger charge is 2.31. The van der Waals surface area contributed by atoms with Crippen molar-refractivity contribution in [3.05, 3.63) is 58.7 Å². The van der Waals surface area contributed by atoms with E-state index in [-0.39, 0.29) is 37.0 Å². The molecule has 1 fully saturated rings. The monoisotopic (exact) mass is 589 g/mol. The molecule has 11 nitrogen and oxygen atoms in total. The molecule has 0 aromatic carbocycles. The highest BCUT2D eigenvalue weighted by molar-refractivity contribution is 6.35. The van der Waals surface area contributed by atoms with E-state index in [1.807, 2.05) is 13.5 Å². The summed E-state index contributed by atoms with van der Waals surface area (Å²) in [6, 6.07) is -2.06. The molecule has 41 heavy (non-hydrogen) atoms. The minimum absolute atomic E-state index is 0.102. The molecule has 0 aromatic heterocycles. The molecular formula is C28H39BClN4O7. The third-order valence-corrected chi connectivity index (χ3v) is 7.70. The Balaban J connectivity index is 1.48. The molecule has 1 aliphatic heterocycles. The molecular weight excluding hydrogens is 551 g/mol. The van der Waals surface area contributed by atoms with Crippen LogP contribution in [0.1, 0.15) is 51.4 Å². The Morgan fingerprint density at radius 2 is 1.90 bits per heavy atom. The van der Waals surface area contributed by atoms with Crippen LogP contribution in [0.15, 0.2) is 58.7 Å². The van der Waals surface area contributed by atoms with E-state index in [4.69, 9.17) is 22.4 Å². The summed E-state index contributed by atoms with van der Waals surface area (Å²) in [6.07, 6.45) is 13.9. The predicted octanol–water partition coefficient (Wildman–Crippen LogP) is 1.43. The molecule has 7 atom stereocenters. The van der Waals surface area contributed by atoms with E-state index in [1.54, 1.807) is 0 Å². The van der Waals surface area contributed by atoms with Crippen LogP contribution in [-0.2, 0) is 14.4 Å². The molecule has 7 unspecified atom stereocenters. The topological polar surface area (TPSA) is 194 Å². The van der Waals surface area contributed by atoms with Crippen LogP contribution in [0.3, 0.4) is 0 Å². The largest absolute Gasteiger partial charge is 0.481 e. The number of carbonyl (C=O) groups excluding carboxylic acids is 1. The SMILES string of the molecule is NC(O)C(CCC(=O)O)NC(O)C(CC(=O)O)NC(=O)CCC1[B]NC(C2C=CC=C(C3=CCCC(Cl)=C3)C=C2)C1. The van der Waals surface area contributed by atoms with Crippen molar-refractivity contribution < 1.29 is 34.8 Å². The maximum atomic E-state index is 12.7. The van der Waals surface area contributed by atoms with Gasteiger partial charge in [0.1, 0.15) is 12.5 Å². The number of aliphatic hydroxyl groups is 2. The first-order valence-corrected chi connectivity index (χ1v) is 14.2. The number of aliphatic hydroxyl groups excluding tert-OH is 2. The van der Waals surface area contributed by atoms with Crippen molar-refractivity contribution in [3.8, 4) is 0 Å². The number of aliphatic carboxylic acids is 2. The standard InChI is InChI=1S/C28H39BClN4O7/c30-20-6-2-5-18(13-20)16-3-1-4-17(8-7-16)22-14-19(29-34-22)9-11-24(35)32-23(15-26(38)39)28(41)33-21(27(31)40)10-12-25(36)37/h1,3-5,7-8,13,17,19,21-23,27-28,33-34,40-41H,2,6,9-12,14-15,31H2,(H,32,35)(H,36,37)(H,38,39). The molecule has 0 bridgehead atoms. The number of nitrogens with one attached hydrogen (secondary N) is 3. The molecule has 9 N–H and O–H groups in total. The van der Waals surface area contributed by atoms with Gasteiger partial charge in [0.15, 0.2) is 0 Å². The summed E-state index contributed by atoms with van der Waals surface area (Å²) < 4.78 is 0. The summed E-state index contributed by atoms with van der Waals surface area (Å²) >= 11 is 6.22. The molecule has 0 aromatic rings. The molecule has 1 radical (unpaired) electrons. The fraction of sp³-hybridized carbons (Fsp3) is 0.536. The van der Waals surface area contributed by atoms with Crippen LogP contribution in [0, 0.1) is 5.92 Å². The van der Waals surface area contributed by atoms with Crippen LogP contribution < -0.4 is 21.6 Å². The fourth-order valence-corrected chi connectivity index (χ4v) is 5.36. The van der Waals surface area contributed by atoms with Crippen molar-refractivity contribution in [2.24, 2.45) is 11.7 Å². The molecule has 2 aliphatic carbocycles. The summed E-state index contributed by atoms with van der Waals surface area (Å²) in [4.78, 5) is 34.9. The van der Waals surface area contributed by atoms with Crippen molar-refractivity contribution in [2.75, 3.05) is 0 Å². The van der Waals surface area contributed by atoms with Crippen LogP contribution >= 0.6 is 11.6 Å². The quantitative estimate of drug-likeness (QED) is 0.102. The predicted molar refractivity (Wildman–Crippen MR) is 156 cm³/mol. The van der Waals surface area contributed by atoms with Gasteiger partial charge in [0.25, 0.3) is 0 Å². The van der Waals surface area contributed by atoms with Gasteiger partial charge >= 0.3 is 11.9 Å². The van der Waals surface area contributed by atoms with E-state index >= 15 is 0 Å². The number of nitrogens with two attached hydrogens (primary N) is 1. The molecule has 1 heterocycles. The number of amides is 1. The first-order chi connectivity index (χ1) is 19.5. The van der Waals surface area contributed by atoms with E-state index in [9.17, 15) is 29.7 Å². The lowest BCUT2D eigenvalue weighted by Crippen LogP contribution is -2.57. The van der Waals surface area contributed by atoms with E-state index in [1.165, 1.54) is 0 Å². The van der Waals surface area contributed by atoms with Crippen molar-refractivity contribution in [3.63, 3.8) is 0 Å². The van der Waals surface area contributed by atoms with Crippen LogP contribution in [0.5, 0.6) is 0 Å². The van der Waals surface area contributed by atoms with E-state index in [2.05, 4.69) is 52.3 Å². The summed E-state index contributed by atoms with van der Waals surface area (Å²) in [6.45, 7) is 0. The second kappa shape index (κ2) is 16.0. The molecule has 0 saturated carbocycles. The Bertz CT molecular complexity index is 1110. The van der Waals surface area contributed by atoms with Gasteiger partial charge in [-0.3, -0.25) is 19.7 Å². The van der Waals surface area contributed by atoms with Crippen molar-refractivity contribution in [2.45, 2.75) is 87.8 Å². The Hall–Kier alpha value is -2.74. The van der Waals surface area contributed by atoms with Crippen LogP contribution in [-0.4, -0.2) is 76.3 Å². The summed E-state index contributed by atoms with van der Waals surface area (Å²) in [7, 11) is 1.99. The smallest absolute Gasteiger partial charge is 0.305 e. The van der Waals surface area contributed by atoms with Crippen LogP contribution in [0.2, 0.25) is 5.82 Å². The Morgan fingerprint density at radius 1 is 1.12 bits per heavy atom. The van der Waals surface area contributed by atoms with Gasteiger partial charge in [-0.05, 0) is 49.3 Å². The van der Waals surface area contributed by atoms with Gasteiger partial charge in [0, 0.05) is 35.9 Å². The highest BCUT2D eigenvalue weighted by Crippen LogP contribution is 2.31. The zero-order valence-corrected chi connectivity index (χ0v) is 23.5. The number of carboxylic acid groups (broad SMARTS) is 2. The maximum absolute atomic E-state index is 12.7. The Morgan fingerprint density at radius 3 is 2.59 bits per heavy atom. The lowest BCUT2D eigenvalue weighted by Gasteiger charge is -2.29. The summed E-state index contributed by atoms with van der Waals surface area (Å²) in [5.74, 6) is -2.51. The van der Waals surface area contributed by atoms with Gasteiger partial charge in [-0.1, -0.05) is 53.9 Å². The minimum atomic E-state index is -1.57. The number of carbonyl (C=O) groups is 3. The van der Waals surface area contributed by atoms with Gasteiger partial charge in [0.05, 0.1) is 12.5 Å². The van der Waals surface area contributed by atoms with Crippen molar-refractivity contribution in [1.82, 2.24) is 15.9 Å². The first-order valence-electron chi connectivity index (χ1n) is 13.8. The summed E-state index contributed by atoms with van der Waals surface area (Å²) in [5, 5.41) is 47.8. The van der Waals surface area contributed by atoms with E-state index in [0.717, 1.165) is 35.4 Å². The molecule has 3 aliphatic rings. The number of hydrogen-bond donors (Lipinski definition) is 8. The average Bonchev–Trinajstić information content (AvgIpc) is 3.24. The maximum Gasteiger partial charge on any atom is 0.305 e. The second-order valence-electron chi connectivity index (χ2n) is 10.6. The number of rotatable bonds is 15. The number of hydrogen-bond acceptors (Lipinski definition) is 8. The van der Waals surface area contributed by atoms with Gasteiger partial charge in [-0.25, -0.2) is 0 Å². The first kappa shape index (κ1) is 32.8. The molecule has 1 saturated heterocycles. The molecule has 3 rings (SSSR count). The second-order valence-corrected chi connectivity index (χ2v) is 11.1. The van der Waals surface area contributed by atoms with Gasteiger partial charge in [-0.15, -0.1) is 0 Å². The highest BCUT2D eigenvalue weighted by atomic mass is 35.5.